The van der Waals surface area contributed by atoms with E-state index in [1.807, 2.05) is 0 Å². The predicted octanol–water partition coefficient (Wildman–Crippen LogP) is 3.61. The van der Waals surface area contributed by atoms with E-state index < -0.39 is 6.10 Å². The molecule has 0 amide bonds. The normalized spacial score (nSPS) is 16.0. The molecular formula is C17H28N2O3. The van der Waals surface area contributed by atoms with E-state index in [0.717, 1.165) is 44.9 Å². The molecule has 0 aromatic heterocycles. The molecule has 1 N–H and O–H groups in total. The Morgan fingerprint density at radius 1 is 1.18 bits per heavy atom. The lowest BCUT2D eigenvalue weighted by Gasteiger charge is -2.12. The van der Waals surface area contributed by atoms with E-state index in [-0.39, 0.29) is 18.1 Å². The summed E-state index contributed by atoms with van der Waals surface area (Å²) in [6, 6.07) is 0. The van der Waals surface area contributed by atoms with Crippen LogP contribution in [0.4, 0.5) is 0 Å². The van der Waals surface area contributed by atoms with Crippen molar-refractivity contribution in [3.63, 3.8) is 0 Å². The fraction of sp³-hybridized carbons (Fsp3) is 0.824. The minimum absolute atomic E-state index is 0.0774. The van der Waals surface area contributed by atoms with Crippen LogP contribution in [-0.2, 0) is 9.53 Å². The molecular weight excluding hydrogens is 280 g/mol. The standard InChI is InChI=1S/C17H28N2O3/c1-3-4-5-6-7-9-12-17(18-19-17)13-10-8-11-15(20)14-16(21)22-2/h1,15,20H,4-14H2,2H3. The number of methoxy groups -OCH3 is 1. The van der Waals surface area contributed by atoms with Gasteiger partial charge in [0.15, 0.2) is 5.66 Å². The Balaban J connectivity index is 2.00. The third-order valence-electron chi connectivity index (χ3n) is 4.03. The van der Waals surface area contributed by atoms with Crippen LogP contribution in [0.3, 0.4) is 0 Å². The molecule has 0 radical (unpaired) electrons. The zero-order chi connectivity index (χ0) is 16.3. The third-order valence-corrected chi connectivity index (χ3v) is 4.03. The number of ether oxygens (including phenoxy) is 1. The number of hydrogen-bond acceptors (Lipinski definition) is 5. The Bertz CT molecular complexity index is 395. The van der Waals surface area contributed by atoms with Crippen molar-refractivity contribution >= 4 is 5.97 Å². The first-order valence-electron chi connectivity index (χ1n) is 8.24. The van der Waals surface area contributed by atoms with Gasteiger partial charge in [-0.3, -0.25) is 4.79 Å². The van der Waals surface area contributed by atoms with E-state index in [1.54, 1.807) is 0 Å². The molecule has 0 saturated heterocycles. The van der Waals surface area contributed by atoms with Gasteiger partial charge in [-0.1, -0.05) is 19.3 Å². The van der Waals surface area contributed by atoms with Gasteiger partial charge in [-0.25, -0.2) is 0 Å². The van der Waals surface area contributed by atoms with Crippen molar-refractivity contribution in [1.82, 2.24) is 0 Å². The van der Waals surface area contributed by atoms with Crippen LogP contribution in [0.25, 0.3) is 0 Å². The molecule has 0 fully saturated rings. The molecule has 0 bridgehead atoms. The molecule has 1 heterocycles. The van der Waals surface area contributed by atoms with Crippen LogP contribution in [0.15, 0.2) is 10.2 Å². The predicted molar refractivity (Wildman–Crippen MR) is 85.2 cm³/mol. The first-order valence-corrected chi connectivity index (χ1v) is 8.24. The summed E-state index contributed by atoms with van der Waals surface area (Å²) in [4.78, 5) is 11.0. The number of aliphatic hydroxyl groups excluding tert-OH is 1. The second kappa shape index (κ2) is 10.3. The van der Waals surface area contributed by atoms with E-state index in [0.29, 0.717) is 6.42 Å². The Morgan fingerprint density at radius 3 is 2.41 bits per heavy atom. The largest absolute Gasteiger partial charge is 0.469 e. The second-order valence-electron chi connectivity index (χ2n) is 5.98. The van der Waals surface area contributed by atoms with Gasteiger partial charge < -0.3 is 9.84 Å². The molecule has 5 heteroatoms. The Hall–Kier alpha value is -1.41. The van der Waals surface area contributed by atoms with Crippen LogP contribution < -0.4 is 0 Å². The highest BCUT2D eigenvalue weighted by atomic mass is 16.5. The van der Waals surface area contributed by atoms with Crippen molar-refractivity contribution in [3.05, 3.63) is 0 Å². The number of aliphatic hydroxyl groups is 1. The Labute approximate surface area is 133 Å². The van der Waals surface area contributed by atoms with Crippen molar-refractivity contribution in [3.8, 4) is 12.3 Å². The second-order valence-corrected chi connectivity index (χ2v) is 5.98. The third kappa shape index (κ3) is 8.14. The number of esters is 1. The molecule has 22 heavy (non-hydrogen) atoms. The lowest BCUT2D eigenvalue weighted by molar-refractivity contribution is -0.142. The minimum Gasteiger partial charge on any atom is -0.469 e. The zero-order valence-electron chi connectivity index (χ0n) is 13.6. The molecule has 1 rings (SSSR count). The van der Waals surface area contributed by atoms with Crippen molar-refractivity contribution in [2.45, 2.75) is 82.4 Å². The molecule has 0 aromatic rings. The average molecular weight is 308 g/mol. The molecule has 5 nitrogen and oxygen atoms in total. The van der Waals surface area contributed by atoms with Crippen molar-refractivity contribution in [1.29, 1.82) is 0 Å². The first-order chi connectivity index (χ1) is 10.6. The fourth-order valence-corrected chi connectivity index (χ4v) is 2.55. The van der Waals surface area contributed by atoms with Crippen LogP contribution in [0.2, 0.25) is 0 Å². The van der Waals surface area contributed by atoms with E-state index in [4.69, 9.17) is 6.42 Å². The highest BCUT2D eigenvalue weighted by Gasteiger charge is 2.38. The molecule has 1 aliphatic heterocycles. The SMILES string of the molecule is C#CCCCCCCC1(CCCCC(O)CC(=O)OC)N=N1. The van der Waals surface area contributed by atoms with Gasteiger partial charge in [0.05, 0.1) is 19.6 Å². The molecule has 124 valence electrons. The summed E-state index contributed by atoms with van der Waals surface area (Å²) >= 11 is 0. The van der Waals surface area contributed by atoms with Gasteiger partial charge in [-0.05, 0) is 38.5 Å². The van der Waals surface area contributed by atoms with Gasteiger partial charge in [0.25, 0.3) is 0 Å². The van der Waals surface area contributed by atoms with Crippen LogP contribution in [0, 0.1) is 12.3 Å². The van der Waals surface area contributed by atoms with Gasteiger partial charge in [0, 0.05) is 6.42 Å². The smallest absolute Gasteiger partial charge is 0.308 e. The summed E-state index contributed by atoms with van der Waals surface area (Å²) in [5.74, 6) is 2.30. The van der Waals surface area contributed by atoms with Crippen molar-refractivity contribution in [2.75, 3.05) is 7.11 Å². The molecule has 0 spiro atoms. The Morgan fingerprint density at radius 2 is 1.82 bits per heavy atom. The monoisotopic (exact) mass is 308 g/mol. The average Bonchev–Trinajstić information content (AvgIpc) is 3.27. The Kier molecular flexibility index (Phi) is 8.76. The summed E-state index contributed by atoms with van der Waals surface area (Å²) in [6.07, 6.45) is 14.6. The van der Waals surface area contributed by atoms with Gasteiger partial charge in [-0.2, -0.15) is 10.2 Å². The molecule has 0 saturated carbocycles. The van der Waals surface area contributed by atoms with E-state index >= 15 is 0 Å². The quantitative estimate of drug-likeness (QED) is 0.321. The summed E-state index contributed by atoms with van der Waals surface area (Å²) < 4.78 is 4.53. The minimum atomic E-state index is -0.604. The zero-order valence-corrected chi connectivity index (χ0v) is 13.6. The maximum absolute atomic E-state index is 11.0. The van der Waals surface area contributed by atoms with E-state index in [1.165, 1.54) is 20.0 Å². The van der Waals surface area contributed by atoms with Crippen molar-refractivity contribution < 1.29 is 14.6 Å². The van der Waals surface area contributed by atoms with Gasteiger partial charge in [0.2, 0.25) is 0 Å². The highest BCUT2D eigenvalue weighted by molar-refractivity contribution is 5.69. The van der Waals surface area contributed by atoms with Crippen LogP contribution in [0.5, 0.6) is 0 Å². The first kappa shape index (κ1) is 18.6. The molecule has 0 aliphatic carbocycles. The number of carbonyl (C=O) groups excluding carboxylic acids is 1. The van der Waals surface area contributed by atoms with E-state index in [2.05, 4.69) is 20.9 Å². The maximum atomic E-state index is 11.0. The van der Waals surface area contributed by atoms with E-state index in [9.17, 15) is 9.90 Å². The summed E-state index contributed by atoms with van der Waals surface area (Å²) in [6.45, 7) is 0. The number of terminal acetylenes is 1. The number of hydrogen-bond donors (Lipinski definition) is 1. The fourth-order valence-electron chi connectivity index (χ4n) is 2.55. The highest BCUT2D eigenvalue weighted by Crippen LogP contribution is 2.38. The van der Waals surface area contributed by atoms with Crippen LogP contribution >= 0.6 is 0 Å². The molecule has 1 unspecified atom stereocenters. The lowest BCUT2D eigenvalue weighted by atomic mass is 9.97. The number of rotatable bonds is 13. The topological polar surface area (TPSA) is 71.2 Å². The molecule has 0 aromatic carbocycles. The molecule has 1 atom stereocenters. The summed E-state index contributed by atoms with van der Waals surface area (Å²) in [5, 5.41) is 18.1. The lowest BCUT2D eigenvalue weighted by Crippen LogP contribution is -2.15. The molecule has 1 aliphatic rings. The number of unbranched alkanes of at least 4 members (excludes halogenated alkanes) is 5. The number of carbonyl (C=O) groups is 1. The van der Waals surface area contributed by atoms with Crippen LogP contribution in [0.1, 0.15) is 70.6 Å². The van der Waals surface area contributed by atoms with Gasteiger partial charge >= 0.3 is 5.97 Å². The van der Waals surface area contributed by atoms with Gasteiger partial charge in [0.1, 0.15) is 0 Å². The van der Waals surface area contributed by atoms with Crippen LogP contribution in [-0.4, -0.2) is 30.0 Å². The van der Waals surface area contributed by atoms with Crippen molar-refractivity contribution in [2.24, 2.45) is 10.2 Å². The number of nitrogens with zero attached hydrogens (tertiary/aromatic N) is 2. The summed E-state index contributed by atoms with van der Waals surface area (Å²) in [7, 11) is 1.33. The summed E-state index contributed by atoms with van der Waals surface area (Å²) in [5.41, 5.74) is -0.139. The maximum Gasteiger partial charge on any atom is 0.308 e. The van der Waals surface area contributed by atoms with Gasteiger partial charge in [-0.15, -0.1) is 12.3 Å².